The van der Waals surface area contributed by atoms with E-state index in [1.165, 1.54) is 18.2 Å². The first-order valence-corrected chi connectivity index (χ1v) is 7.68. The van der Waals surface area contributed by atoms with Gasteiger partial charge in [-0.2, -0.15) is 0 Å². The Balaban J connectivity index is 2.49. The van der Waals surface area contributed by atoms with Gasteiger partial charge in [0.25, 0.3) is 10.0 Å². The van der Waals surface area contributed by atoms with Crippen LogP contribution < -0.4 is 10.5 Å². The van der Waals surface area contributed by atoms with Gasteiger partial charge in [-0.1, -0.05) is 29.3 Å². The molecule has 0 spiro atoms. The molecular formula is C12H8Cl2F2N2O2S. The highest BCUT2D eigenvalue weighted by Crippen LogP contribution is 2.32. The van der Waals surface area contributed by atoms with Crippen molar-refractivity contribution in [2.75, 3.05) is 10.5 Å². The molecule has 0 fully saturated rings. The van der Waals surface area contributed by atoms with E-state index in [0.29, 0.717) is 0 Å². The minimum Gasteiger partial charge on any atom is -0.394 e. The van der Waals surface area contributed by atoms with Crippen molar-refractivity contribution in [3.63, 3.8) is 0 Å². The summed E-state index contributed by atoms with van der Waals surface area (Å²) in [6.07, 6.45) is 0. The monoisotopic (exact) mass is 352 g/mol. The molecule has 0 saturated carbocycles. The van der Waals surface area contributed by atoms with Crippen LogP contribution in [0.2, 0.25) is 10.0 Å². The molecule has 21 heavy (non-hydrogen) atoms. The number of nitrogens with one attached hydrogen (secondary N) is 1. The van der Waals surface area contributed by atoms with Gasteiger partial charge in [0.05, 0.1) is 15.7 Å². The van der Waals surface area contributed by atoms with Crippen molar-refractivity contribution in [1.82, 2.24) is 0 Å². The summed E-state index contributed by atoms with van der Waals surface area (Å²) in [5.41, 5.74) is 4.22. The zero-order valence-corrected chi connectivity index (χ0v) is 12.5. The van der Waals surface area contributed by atoms with Gasteiger partial charge in [0, 0.05) is 0 Å². The summed E-state index contributed by atoms with van der Waals surface area (Å²) in [4.78, 5) is -0.794. The number of anilines is 2. The summed E-state index contributed by atoms with van der Waals surface area (Å²) >= 11 is 11.6. The van der Waals surface area contributed by atoms with Crippen molar-refractivity contribution in [2.45, 2.75) is 4.90 Å². The van der Waals surface area contributed by atoms with Crippen LogP contribution in [0.3, 0.4) is 0 Å². The van der Waals surface area contributed by atoms with Crippen molar-refractivity contribution in [3.8, 4) is 0 Å². The molecule has 4 nitrogen and oxygen atoms in total. The maximum absolute atomic E-state index is 13.8. The molecule has 0 radical (unpaired) electrons. The third kappa shape index (κ3) is 3.04. The molecule has 9 heteroatoms. The predicted octanol–water partition coefficient (Wildman–Crippen LogP) is 3.65. The van der Waals surface area contributed by atoms with Gasteiger partial charge in [0.1, 0.15) is 16.4 Å². The van der Waals surface area contributed by atoms with E-state index in [0.717, 1.165) is 12.1 Å². The molecule has 0 aliphatic heterocycles. The highest BCUT2D eigenvalue weighted by Gasteiger charge is 2.23. The molecule has 0 amide bonds. The number of halogens is 4. The molecule has 0 aliphatic rings. The SMILES string of the molecule is Nc1c(F)ccc(S(=O)(=O)Nc2cccc(Cl)c2Cl)c1F. The van der Waals surface area contributed by atoms with Gasteiger partial charge in [-0.25, -0.2) is 17.2 Å². The summed E-state index contributed by atoms with van der Waals surface area (Å²) in [6.45, 7) is 0. The average Bonchev–Trinajstić information content (AvgIpc) is 2.41. The van der Waals surface area contributed by atoms with Crippen LogP contribution in [0.4, 0.5) is 20.2 Å². The van der Waals surface area contributed by atoms with E-state index < -0.39 is 32.2 Å². The minimum atomic E-state index is -4.34. The van der Waals surface area contributed by atoms with Crippen LogP contribution in [0.1, 0.15) is 0 Å². The average molecular weight is 353 g/mol. The van der Waals surface area contributed by atoms with Crippen LogP contribution >= 0.6 is 23.2 Å². The van der Waals surface area contributed by atoms with Crippen molar-refractivity contribution in [2.24, 2.45) is 0 Å². The van der Waals surface area contributed by atoms with E-state index in [2.05, 4.69) is 4.72 Å². The quantitative estimate of drug-likeness (QED) is 0.828. The van der Waals surface area contributed by atoms with E-state index in [9.17, 15) is 17.2 Å². The third-order valence-corrected chi connectivity index (χ3v) is 4.78. The minimum absolute atomic E-state index is 0.0357. The smallest absolute Gasteiger partial charge is 0.264 e. The van der Waals surface area contributed by atoms with Crippen molar-refractivity contribution in [1.29, 1.82) is 0 Å². The number of hydrogen-bond acceptors (Lipinski definition) is 3. The Morgan fingerprint density at radius 3 is 2.43 bits per heavy atom. The fourth-order valence-corrected chi connectivity index (χ4v) is 3.11. The Morgan fingerprint density at radius 1 is 1.10 bits per heavy atom. The van der Waals surface area contributed by atoms with Crippen molar-refractivity contribution in [3.05, 3.63) is 52.0 Å². The molecule has 0 heterocycles. The lowest BCUT2D eigenvalue weighted by Crippen LogP contribution is -2.16. The van der Waals surface area contributed by atoms with Gasteiger partial charge in [0.2, 0.25) is 0 Å². The largest absolute Gasteiger partial charge is 0.394 e. The lowest BCUT2D eigenvalue weighted by atomic mass is 10.3. The zero-order valence-electron chi connectivity index (χ0n) is 10.2. The second-order valence-electron chi connectivity index (χ2n) is 3.98. The number of hydrogen-bond donors (Lipinski definition) is 2. The molecule has 0 aliphatic carbocycles. The number of nitrogens with two attached hydrogens (primary N) is 1. The maximum Gasteiger partial charge on any atom is 0.264 e. The van der Waals surface area contributed by atoms with E-state index in [1.807, 2.05) is 0 Å². The van der Waals surface area contributed by atoms with E-state index >= 15 is 0 Å². The molecule has 3 N–H and O–H groups in total. The second kappa shape index (κ2) is 5.67. The van der Waals surface area contributed by atoms with Gasteiger partial charge in [-0.05, 0) is 24.3 Å². The molecule has 2 aromatic rings. The first-order chi connectivity index (χ1) is 9.74. The van der Waals surface area contributed by atoms with Crippen molar-refractivity contribution >= 4 is 44.6 Å². The van der Waals surface area contributed by atoms with Crippen LogP contribution in [-0.2, 0) is 10.0 Å². The summed E-state index contributed by atoms with van der Waals surface area (Å²) < 4.78 is 53.2. The Bertz CT molecular complexity index is 813. The molecule has 0 atom stereocenters. The lowest BCUT2D eigenvalue weighted by molar-refractivity contribution is 0.557. The Labute approximate surface area is 129 Å². The normalized spacial score (nSPS) is 11.4. The van der Waals surface area contributed by atoms with Gasteiger partial charge >= 0.3 is 0 Å². The fourth-order valence-electron chi connectivity index (χ4n) is 1.54. The topological polar surface area (TPSA) is 72.2 Å². The number of sulfonamides is 1. The molecule has 0 bridgehead atoms. The van der Waals surface area contributed by atoms with Crippen LogP contribution in [0.15, 0.2) is 35.2 Å². The van der Waals surface area contributed by atoms with Crippen LogP contribution in [0, 0.1) is 11.6 Å². The van der Waals surface area contributed by atoms with Gasteiger partial charge in [-0.3, -0.25) is 4.72 Å². The summed E-state index contributed by atoms with van der Waals surface area (Å²) in [5.74, 6) is -2.42. The highest BCUT2D eigenvalue weighted by atomic mass is 35.5. The fraction of sp³-hybridized carbons (Fsp3) is 0. The van der Waals surface area contributed by atoms with E-state index in [4.69, 9.17) is 28.9 Å². The molecule has 0 saturated heterocycles. The first-order valence-electron chi connectivity index (χ1n) is 5.44. The van der Waals surface area contributed by atoms with E-state index in [-0.39, 0.29) is 15.7 Å². The Hall–Kier alpha value is -1.57. The molecule has 0 unspecified atom stereocenters. The molecular weight excluding hydrogens is 345 g/mol. The maximum atomic E-state index is 13.8. The number of nitrogen functional groups attached to an aromatic ring is 1. The number of benzene rings is 2. The molecule has 0 aromatic heterocycles. The standard InChI is InChI=1S/C12H8Cl2F2N2O2S/c13-6-2-1-3-8(10(6)14)18-21(19,20)9-5-4-7(15)12(17)11(9)16/h1-5,18H,17H2. The third-order valence-electron chi connectivity index (χ3n) is 2.58. The zero-order chi connectivity index (χ0) is 15.8. The predicted molar refractivity (Wildman–Crippen MR) is 78.0 cm³/mol. The van der Waals surface area contributed by atoms with Crippen molar-refractivity contribution < 1.29 is 17.2 Å². The Kier molecular flexibility index (Phi) is 4.27. The summed E-state index contributed by atoms with van der Waals surface area (Å²) in [6, 6.07) is 5.78. The second-order valence-corrected chi connectivity index (χ2v) is 6.42. The summed E-state index contributed by atoms with van der Waals surface area (Å²) in [7, 11) is -4.34. The van der Waals surface area contributed by atoms with E-state index in [1.54, 1.807) is 0 Å². The first kappa shape index (κ1) is 15.8. The van der Waals surface area contributed by atoms with Gasteiger partial charge in [-0.15, -0.1) is 0 Å². The van der Waals surface area contributed by atoms with Crippen LogP contribution in [0.5, 0.6) is 0 Å². The number of rotatable bonds is 3. The lowest BCUT2D eigenvalue weighted by Gasteiger charge is -2.12. The highest BCUT2D eigenvalue weighted by molar-refractivity contribution is 7.92. The summed E-state index contributed by atoms with van der Waals surface area (Å²) in [5, 5.41) is 0.0780. The van der Waals surface area contributed by atoms with Crippen LogP contribution in [0.25, 0.3) is 0 Å². The Morgan fingerprint density at radius 2 is 1.76 bits per heavy atom. The van der Waals surface area contributed by atoms with Gasteiger partial charge in [0.15, 0.2) is 5.82 Å². The molecule has 112 valence electrons. The van der Waals surface area contributed by atoms with Crippen LogP contribution in [-0.4, -0.2) is 8.42 Å². The molecule has 2 rings (SSSR count). The van der Waals surface area contributed by atoms with Gasteiger partial charge < -0.3 is 5.73 Å². The molecule has 2 aromatic carbocycles.